The van der Waals surface area contributed by atoms with Crippen LogP contribution in [0, 0.1) is 5.82 Å². The van der Waals surface area contributed by atoms with E-state index in [9.17, 15) is 8.94 Å². The smallest absolute Gasteiger partial charge is 0.232 e. The third kappa shape index (κ3) is 5.29. The number of rotatable bonds is 10. The van der Waals surface area contributed by atoms with Crippen molar-refractivity contribution in [3.63, 3.8) is 0 Å². The largest absolute Gasteiger partial charge is 0.611 e. The number of nitrogens with zero attached hydrogens (tertiary/aromatic N) is 3. The average molecular weight is 502 g/mol. The number of nitrogen functional groups attached to an aromatic ring is 1. The number of hydrogen-bond acceptors (Lipinski definition) is 9. The van der Waals surface area contributed by atoms with Gasteiger partial charge >= 0.3 is 0 Å². The minimum atomic E-state index is -1.29. The number of ether oxygens (including phenoxy) is 1. The SMILES string of the molecule is COCCC[S+]([O-])c1sc2nc(-c3cnc(NCCO)nc3)cc(-c3ccc(F)cc3)c2c1N. The maximum Gasteiger partial charge on any atom is 0.232 e. The summed E-state index contributed by atoms with van der Waals surface area (Å²) < 4.78 is 32.2. The molecule has 0 aliphatic rings. The maximum absolute atomic E-state index is 13.6. The Morgan fingerprint density at radius 1 is 1.21 bits per heavy atom. The summed E-state index contributed by atoms with van der Waals surface area (Å²) in [5, 5.41) is 12.5. The lowest BCUT2D eigenvalue weighted by Gasteiger charge is -2.10. The number of benzene rings is 1. The van der Waals surface area contributed by atoms with Crippen LogP contribution in [-0.2, 0) is 15.9 Å². The molecule has 0 saturated heterocycles. The van der Waals surface area contributed by atoms with Gasteiger partial charge in [0.15, 0.2) is 0 Å². The van der Waals surface area contributed by atoms with Crippen molar-refractivity contribution in [3.8, 4) is 22.4 Å². The van der Waals surface area contributed by atoms with E-state index in [1.165, 1.54) is 23.5 Å². The summed E-state index contributed by atoms with van der Waals surface area (Å²) in [7, 11) is 1.61. The fourth-order valence-corrected chi connectivity index (χ4v) is 6.05. The van der Waals surface area contributed by atoms with Crippen LogP contribution in [-0.4, -0.2) is 57.2 Å². The number of methoxy groups -OCH3 is 1. The van der Waals surface area contributed by atoms with Crippen molar-refractivity contribution >= 4 is 44.4 Å². The van der Waals surface area contributed by atoms with E-state index < -0.39 is 11.2 Å². The van der Waals surface area contributed by atoms with Crippen LogP contribution in [0.15, 0.2) is 46.9 Å². The number of nitrogens with two attached hydrogens (primary N) is 1. The van der Waals surface area contributed by atoms with E-state index in [0.717, 1.165) is 11.1 Å². The van der Waals surface area contributed by atoms with Gasteiger partial charge in [-0.1, -0.05) is 23.5 Å². The predicted octanol–water partition coefficient (Wildman–Crippen LogP) is 3.69. The van der Waals surface area contributed by atoms with Crippen LogP contribution in [0.4, 0.5) is 16.0 Å². The number of aliphatic hydroxyl groups excluding tert-OH is 1. The standard InChI is InChI=1S/C23H24FN5O3S2/c1-32-9-2-10-34(31)22-20(25)19-17(14-3-5-16(24)6-4-14)11-18(29-21(19)33-22)15-12-27-23(28-13-15)26-7-8-30/h3-6,11-13,30H,2,7-10,25H2,1H3,(H,26,27,28). The molecule has 4 aromatic rings. The van der Waals surface area contributed by atoms with Crippen molar-refractivity contribution < 1.29 is 18.8 Å². The van der Waals surface area contributed by atoms with Gasteiger partial charge in [0.05, 0.1) is 18.9 Å². The number of halogens is 1. The normalized spacial score (nSPS) is 12.2. The molecule has 0 spiro atoms. The van der Waals surface area contributed by atoms with Gasteiger partial charge in [-0.15, -0.1) is 0 Å². The van der Waals surface area contributed by atoms with Crippen LogP contribution in [0.3, 0.4) is 0 Å². The molecule has 3 aromatic heterocycles. The number of pyridine rings is 1. The molecule has 1 unspecified atom stereocenters. The molecule has 0 aliphatic heterocycles. The van der Waals surface area contributed by atoms with Crippen LogP contribution in [0.25, 0.3) is 32.6 Å². The molecule has 178 valence electrons. The Morgan fingerprint density at radius 3 is 2.62 bits per heavy atom. The highest BCUT2D eigenvalue weighted by Crippen LogP contribution is 2.43. The molecule has 3 heterocycles. The molecule has 1 aromatic carbocycles. The second kappa shape index (κ2) is 11.1. The molecule has 0 radical (unpaired) electrons. The highest BCUT2D eigenvalue weighted by atomic mass is 32.2. The lowest BCUT2D eigenvalue weighted by atomic mass is 10.0. The van der Waals surface area contributed by atoms with Crippen LogP contribution >= 0.6 is 11.3 Å². The maximum atomic E-state index is 13.6. The minimum absolute atomic E-state index is 0.0284. The van der Waals surface area contributed by atoms with E-state index >= 15 is 0 Å². The van der Waals surface area contributed by atoms with E-state index in [1.807, 2.05) is 6.07 Å². The van der Waals surface area contributed by atoms with E-state index in [-0.39, 0.29) is 12.4 Å². The number of anilines is 2. The minimum Gasteiger partial charge on any atom is -0.611 e. The summed E-state index contributed by atoms with van der Waals surface area (Å²) in [6, 6.07) is 7.99. The van der Waals surface area contributed by atoms with Gasteiger partial charge in [0.1, 0.15) is 22.1 Å². The Balaban J connectivity index is 1.81. The van der Waals surface area contributed by atoms with Crippen molar-refractivity contribution in [2.45, 2.75) is 10.6 Å². The molecule has 0 fully saturated rings. The molecule has 1 atom stereocenters. The van der Waals surface area contributed by atoms with Gasteiger partial charge in [-0.3, -0.25) is 0 Å². The number of fused-ring (bicyclic) bond motifs is 1. The molecular formula is C23H24FN5O3S2. The molecular weight excluding hydrogens is 477 g/mol. The quantitative estimate of drug-likeness (QED) is 0.222. The lowest BCUT2D eigenvalue weighted by Crippen LogP contribution is -2.09. The van der Waals surface area contributed by atoms with Crippen LogP contribution in [0.1, 0.15) is 6.42 Å². The monoisotopic (exact) mass is 501 g/mol. The summed E-state index contributed by atoms with van der Waals surface area (Å²) in [6.07, 6.45) is 3.92. The zero-order chi connectivity index (χ0) is 24.1. The third-order valence-corrected chi connectivity index (χ3v) is 8.04. The zero-order valence-corrected chi connectivity index (χ0v) is 20.1. The summed E-state index contributed by atoms with van der Waals surface area (Å²) in [5.41, 5.74) is 9.72. The molecule has 0 amide bonds. The molecule has 34 heavy (non-hydrogen) atoms. The Kier molecular flexibility index (Phi) is 7.91. The number of aliphatic hydroxyl groups is 1. The molecule has 0 bridgehead atoms. The summed E-state index contributed by atoms with van der Waals surface area (Å²) in [4.78, 5) is 13.9. The highest BCUT2D eigenvalue weighted by molar-refractivity contribution is 7.93. The fraction of sp³-hybridized carbons (Fsp3) is 0.261. The van der Waals surface area contributed by atoms with Crippen LogP contribution < -0.4 is 11.1 Å². The number of aromatic nitrogens is 3. The van der Waals surface area contributed by atoms with E-state index in [0.29, 0.717) is 62.6 Å². The molecule has 11 heteroatoms. The van der Waals surface area contributed by atoms with Crippen LogP contribution in [0.2, 0.25) is 0 Å². The van der Waals surface area contributed by atoms with Gasteiger partial charge in [-0.25, -0.2) is 19.3 Å². The molecule has 0 saturated carbocycles. The van der Waals surface area contributed by atoms with Gasteiger partial charge in [0.25, 0.3) is 0 Å². The Hall–Kier alpha value is -2.83. The van der Waals surface area contributed by atoms with E-state index in [2.05, 4.69) is 15.3 Å². The third-order valence-electron chi connectivity index (χ3n) is 5.05. The Bertz CT molecular complexity index is 1250. The first-order valence-electron chi connectivity index (χ1n) is 10.5. The van der Waals surface area contributed by atoms with Crippen molar-refractivity contribution in [3.05, 3.63) is 48.5 Å². The number of thiophene rings is 1. The number of nitrogens with one attached hydrogen (secondary N) is 1. The van der Waals surface area contributed by atoms with Gasteiger partial charge < -0.3 is 25.4 Å². The van der Waals surface area contributed by atoms with Gasteiger partial charge in [-0.05, 0) is 40.5 Å². The Labute approximate surface area is 203 Å². The van der Waals surface area contributed by atoms with Crippen molar-refractivity contribution in [2.75, 3.05) is 43.7 Å². The summed E-state index contributed by atoms with van der Waals surface area (Å²) >= 11 is -0.00189. The lowest BCUT2D eigenvalue weighted by molar-refractivity contribution is 0.199. The number of hydrogen-bond donors (Lipinski definition) is 3. The first-order valence-corrected chi connectivity index (χ1v) is 12.7. The zero-order valence-electron chi connectivity index (χ0n) is 18.5. The van der Waals surface area contributed by atoms with Gasteiger partial charge in [0, 0.05) is 43.4 Å². The van der Waals surface area contributed by atoms with Crippen molar-refractivity contribution in [1.82, 2.24) is 15.0 Å². The predicted molar refractivity (Wildman–Crippen MR) is 134 cm³/mol. The second-order valence-electron chi connectivity index (χ2n) is 7.39. The van der Waals surface area contributed by atoms with Gasteiger partial charge in [-0.2, -0.15) is 0 Å². The highest BCUT2D eigenvalue weighted by Gasteiger charge is 2.25. The second-order valence-corrected chi connectivity index (χ2v) is 10.2. The summed E-state index contributed by atoms with van der Waals surface area (Å²) in [6.45, 7) is 0.833. The molecule has 4 N–H and O–H groups in total. The Morgan fingerprint density at radius 2 is 1.94 bits per heavy atom. The van der Waals surface area contributed by atoms with Crippen molar-refractivity contribution in [1.29, 1.82) is 0 Å². The first-order chi connectivity index (χ1) is 16.5. The molecule has 8 nitrogen and oxygen atoms in total. The van der Waals surface area contributed by atoms with Crippen molar-refractivity contribution in [2.24, 2.45) is 0 Å². The summed E-state index contributed by atoms with van der Waals surface area (Å²) in [5.74, 6) is 0.485. The van der Waals surface area contributed by atoms with E-state index in [1.54, 1.807) is 31.6 Å². The topological polar surface area (TPSA) is 129 Å². The first kappa shape index (κ1) is 24.3. The molecule has 4 rings (SSSR count). The average Bonchev–Trinajstić information content (AvgIpc) is 3.19. The van der Waals surface area contributed by atoms with Gasteiger partial charge in [0.2, 0.25) is 10.2 Å². The van der Waals surface area contributed by atoms with E-state index in [4.69, 9.17) is 20.6 Å². The van der Waals surface area contributed by atoms with Crippen LogP contribution in [0.5, 0.6) is 0 Å². The molecule has 0 aliphatic carbocycles. The fourth-order valence-electron chi connectivity index (χ4n) is 3.42.